The highest BCUT2D eigenvalue weighted by Crippen LogP contribution is 2.28. The maximum absolute atomic E-state index is 12.0. The Kier molecular flexibility index (Phi) is 4.55. The molecule has 0 unspecified atom stereocenters. The van der Waals surface area contributed by atoms with Crippen LogP contribution in [0.4, 0.5) is 0 Å². The highest BCUT2D eigenvalue weighted by atomic mass is 32.1. The van der Waals surface area contributed by atoms with Crippen LogP contribution in [0.3, 0.4) is 0 Å². The van der Waals surface area contributed by atoms with Crippen molar-refractivity contribution in [1.82, 2.24) is 10.3 Å². The monoisotopic (exact) mass is 288 g/mol. The number of hydrogen-bond donors (Lipinski definition) is 1. The van der Waals surface area contributed by atoms with E-state index in [0.717, 1.165) is 6.42 Å². The van der Waals surface area contributed by atoms with Gasteiger partial charge in [-0.15, -0.1) is 11.3 Å². The Morgan fingerprint density at radius 3 is 2.65 bits per heavy atom. The van der Waals surface area contributed by atoms with Crippen LogP contribution in [0.1, 0.15) is 43.2 Å². The summed E-state index contributed by atoms with van der Waals surface area (Å²) in [7, 11) is 0. The summed E-state index contributed by atoms with van der Waals surface area (Å²) in [5.41, 5.74) is 3.48. The SMILES string of the molecule is C[C@H](CC(C)(C)c1ccccc1)NC(=O)c1cscn1. The lowest BCUT2D eigenvalue weighted by atomic mass is 9.79. The van der Waals surface area contributed by atoms with Crippen molar-refractivity contribution < 1.29 is 4.79 Å². The molecule has 0 saturated carbocycles. The molecule has 0 aliphatic carbocycles. The van der Waals surface area contributed by atoms with E-state index in [1.54, 1.807) is 10.9 Å². The average Bonchev–Trinajstić information content (AvgIpc) is 2.93. The molecule has 1 heterocycles. The molecular weight excluding hydrogens is 268 g/mol. The molecular formula is C16H20N2OS. The molecule has 1 atom stereocenters. The number of carbonyl (C=O) groups is 1. The first-order valence-electron chi connectivity index (χ1n) is 6.73. The lowest BCUT2D eigenvalue weighted by molar-refractivity contribution is 0.0930. The van der Waals surface area contributed by atoms with Crippen molar-refractivity contribution in [3.63, 3.8) is 0 Å². The number of amides is 1. The van der Waals surface area contributed by atoms with Gasteiger partial charge in [0, 0.05) is 11.4 Å². The molecule has 0 aliphatic rings. The molecule has 1 amide bonds. The third kappa shape index (κ3) is 3.67. The normalized spacial score (nSPS) is 12.9. The van der Waals surface area contributed by atoms with Crippen LogP contribution in [-0.2, 0) is 5.41 Å². The first-order valence-corrected chi connectivity index (χ1v) is 7.68. The van der Waals surface area contributed by atoms with Crippen LogP contribution in [0, 0.1) is 0 Å². The van der Waals surface area contributed by atoms with E-state index in [-0.39, 0.29) is 17.4 Å². The standard InChI is InChI=1S/C16H20N2OS/c1-12(18-15(19)14-10-20-11-17-14)9-16(2,3)13-7-5-4-6-8-13/h4-8,10-12H,9H2,1-3H3,(H,18,19)/t12-/m1/s1. The van der Waals surface area contributed by atoms with Crippen LogP contribution in [0.2, 0.25) is 0 Å². The summed E-state index contributed by atoms with van der Waals surface area (Å²) >= 11 is 1.43. The quantitative estimate of drug-likeness (QED) is 0.913. The molecule has 4 heteroatoms. The first-order chi connectivity index (χ1) is 9.49. The lowest BCUT2D eigenvalue weighted by Gasteiger charge is -2.29. The smallest absolute Gasteiger partial charge is 0.270 e. The minimum atomic E-state index is -0.0948. The zero-order valence-corrected chi connectivity index (χ0v) is 12.9. The van der Waals surface area contributed by atoms with Crippen LogP contribution in [0.25, 0.3) is 0 Å². The van der Waals surface area contributed by atoms with Gasteiger partial charge < -0.3 is 5.32 Å². The maximum atomic E-state index is 12.0. The molecule has 0 fully saturated rings. The topological polar surface area (TPSA) is 42.0 Å². The fourth-order valence-corrected chi connectivity index (χ4v) is 2.98. The molecule has 0 radical (unpaired) electrons. The van der Waals surface area contributed by atoms with Gasteiger partial charge in [0.05, 0.1) is 5.51 Å². The van der Waals surface area contributed by atoms with Gasteiger partial charge in [-0.05, 0) is 24.3 Å². The summed E-state index contributed by atoms with van der Waals surface area (Å²) in [5, 5.41) is 4.78. The Morgan fingerprint density at radius 1 is 1.35 bits per heavy atom. The Labute approximate surface area is 124 Å². The molecule has 106 valence electrons. The van der Waals surface area contributed by atoms with Crippen molar-refractivity contribution in [2.75, 3.05) is 0 Å². The molecule has 1 aromatic heterocycles. The summed E-state index contributed by atoms with van der Waals surface area (Å²) in [6.07, 6.45) is 0.882. The van der Waals surface area contributed by atoms with E-state index in [0.29, 0.717) is 5.69 Å². The largest absolute Gasteiger partial charge is 0.348 e. The molecule has 20 heavy (non-hydrogen) atoms. The van der Waals surface area contributed by atoms with Crippen molar-refractivity contribution in [2.45, 2.75) is 38.6 Å². The second-order valence-electron chi connectivity index (χ2n) is 5.70. The number of hydrogen-bond acceptors (Lipinski definition) is 3. The van der Waals surface area contributed by atoms with E-state index in [1.165, 1.54) is 16.9 Å². The van der Waals surface area contributed by atoms with Gasteiger partial charge in [-0.3, -0.25) is 4.79 Å². The molecule has 2 aromatic rings. The summed E-state index contributed by atoms with van der Waals surface area (Å²) in [6.45, 7) is 6.44. The Balaban J connectivity index is 1.97. The predicted octanol–water partition coefficient (Wildman–Crippen LogP) is 3.63. The van der Waals surface area contributed by atoms with Crippen LogP contribution in [0.5, 0.6) is 0 Å². The van der Waals surface area contributed by atoms with Gasteiger partial charge in [0.15, 0.2) is 0 Å². The molecule has 0 bridgehead atoms. The van der Waals surface area contributed by atoms with Crippen molar-refractivity contribution in [3.05, 3.63) is 52.5 Å². The fourth-order valence-electron chi connectivity index (χ4n) is 2.45. The summed E-state index contributed by atoms with van der Waals surface area (Å²) in [5.74, 6) is -0.0948. The number of thiazole rings is 1. The van der Waals surface area contributed by atoms with E-state index in [1.807, 2.05) is 13.0 Å². The predicted molar refractivity (Wildman–Crippen MR) is 83.1 cm³/mol. The highest BCUT2D eigenvalue weighted by molar-refractivity contribution is 7.07. The van der Waals surface area contributed by atoms with E-state index >= 15 is 0 Å². The minimum absolute atomic E-state index is 0.0238. The van der Waals surface area contributed by atoms with Crippen LogP contribution < -0.4 is 5.32 Å². The highest BCUT2D eigenvalue weighted by Gasteiger charge is 2.24. The maximum Gasteiger partial charge on any atom is 0.270 e. The first kappa shape index (κ1) is 14.7. The molecule has 3 nitrogen and oxygen atoms in total. The van der Waals surface area contributed by atoms with Gasteiger partial charge in [0.2, 0.25) is 0 Å². The van der Waals surface area contributed by atoms with Gasteiger partial charge in [0.25, 0.3) is 5.91 Å². The number of nitrogens with one attached hydrogen (secondary N) is 1. The fraction of sp³-hybridized carbons (Fsp3) is 0.375. The molecule has 0 spiro atoms. The van der Waals surface area contributed by atoms with Gasteiger partial charge in [-0.25, -0.2) is 4.98 Å². The minimum Gasteiger partial charge on any atom is -0.348 e. The summed E-state index contributed by atoms with van der Waals surface area (Å²) < 4.78 is 0. The van der Waals surface area contributed by atoms with Crippen LogP contribution >= 0.6 is 11.3 Å². The molecule has 1 N–H and O–H groups in total. The van der Waals surface area contributed by atoms with E-state index in [9.17, 15) is 4.79 Å². The van der Waals surface area contributed by atoms with Gasteiger partial charge in [-0.2, -0.15) is 0 Å². The number of nitrogens with zero attached hydrogens (tertiary/aromatic N) is 1. The van der Waals surface area contributed by atoms with Gasteiger partial charge in [0.1, 0.15) is 5.69 Å². The van der Waals surface area contributed by atoms with Crippen molar-refractivity contribution in [3.8, 4) is 0 Å². The number of aromatic nitrogens is 1. The Morgan fingerprint density at radius 2 is 2.05 bits per heavy atom. The average molecular weight is 288 g/mol. The zero-order chi connectivity index (χ0) is 14.6. The second-order valence-corrected chi connectivity index (χ2v) is 6.42. The molecule has 0 saturated heterocycles. The zero-order valence-electron chi connectivity index (χ0n) is 12.1. The summed E-state index contributed by atoms with van der Waals surface area (Å²) in [6, 6.07) is 10.5. The number of carbonyl (C=O) groups excluding carboxylic acids is 1. The van der Waals surface area contributed by atoms with Crippen LogP contribution in [-0.4, -0.2) is 16.9 Å². The Hall–Kier alpha value is -1.68. The summed E-state index contributed by atoms with van der Waals surface area (Å²) in [4.78, 5) is 16.0. The third-order valence-corrected chi connectivity index (χ3v) is 4.00. The second kappa shape index (κ2) is 6.18. The third-order valence-electron chi connectivity index (χ3n) is 3.41. The van der Waals surface area contributed by atoms with Crippen LogP contribution in [0.15, 0.2) is 41.2 Å². The van der Waals surface area contributed by atoms with Gasteiger partial charge >= 0.3 is 0 Å². The van der Waals surface area contributed by atoms with Crippen molar-refractivity contribution in [1.29, 1.82) is 0 Å². The number of benzene rings is 1. The molecule has 1 aromatic carbocycles. The van der Waals surface area contributed by atoms with E-state index in [2.05, 4.69) is 48.4 Å². The lowest BCUT2D eigenvalue weighted by Crippen LogP contribution is -2.37. The number of rotatable bonds is 5. The molecule has 0 aliphatic heterocycles. The van der Waals surface area contributed by atoms with E-state index in [4.69, 9.17) is 0 Å². The van der Waals surface area contributed by atoms with Crippen molar-refractivity contribution in [2.24, 2.45) is 0 Å². The van der Waals surface area contributed by atoms with Crippen molar-refractivity contribution >= 4 is 17.2 Å². The van der Waals surface area contributed by atoms with Gasteiger partial charge in [-0.1, -0.05) is 44.2 Å². The Bertz CT molecular complexity index is 549. The molecule has 2 rings (SSSR count). The van der Waals surface area contributed by atoms with E-state index < -0.39 is 0 Å².